The highest BCUT2D eigenvalue weighted by Crippen LogP contribution is 2.35. The molecule has 0 unspecified atom stereocenters. The maximum absolute atomic E-state index is 13.1. The fraction of sp³-hybridized carbons (Fsp3) is 0.333. The molecule has 1 aliphatic heterocycles. The first-order valence-corrected chi connectivity index (χ1v) is 8.04. The summed E-state index contributed by atoms with van der Waals surface area (Å²) in [5, 5.41) is 0.959. The number of hydrogen-bond acceptors (Lipinski definition) is 3. The molecule has 3 aromatic rings. The largest absolute Gasteiger partial charge is 0.495 e. The van der Waals surface area contributed by atoms with Crippen LogP contribution in [0.15, 0.2) is 24.5 Å². The number of methoxy groups -OCH3 is 1. The minimum atomic E-state index is 0.0671. The number of aromatic amines is 1. The number of ether oxygens (including phenoxy) is 1. The molecule has 4 rings (SSSR count). The average Bonchev–Trinajstić information content (AvgIpc) is 3.12. The van der Waals surface area contributed by atoms with E-state index in [1.54, 1.807) is 13.4 Å². The number of rotatable bonds is 3. The highest BCUT2D eigenvalue weighted by Gasteiger charge is 2.31. The molecule has 0 saturated heterocycles. The van der Waals surface area contributed by atoms with Crippen molar-refractivity contribution in [1.29, 1.82) is 0 Å². The molecule has 1 N–H and O–H groups in total. The molecular weight excluding hydrogens is 304 g/mol. The lowest BCUT2D eigenvalue weighted by Crippen LogP contribution is -2.37. The van der Waals surface area contributed by atoms with Crippen LogP contribution in [0.3, 0.4) is 0 Å². The summed E-state index contributed by atoms with van der Waals surface area (Å²) in [5.41, 5.74) is 4.79. The number of imidazole rings is 1. The van der Waals surface area contributed by atoms with Crippen LogP contribution in [0.5, 0.6) is 5.75 Å². The third kappa shape index (κ3) is 2.02. The summed E-state index contributed by atoms with van der Waals surface area (Å²) >= 11 is 0. The molecular formula is C18H20N4O2. The molecule has 0 aliphatic carbocycles. The van der Waals surface area contributed by atoms with E-state index in [2.05, 4.69) is 14.5 Å². The third-order valence-corrected chi connectivity index (χ3v) is 4.91. The number of H-pyrrole nitrogens is 1. The van der Waals surface area contributed by atoms with Crippen molar-refractivity contribution in [3.8, 4) is 5.75 Å². The Morgan fingerprint density at radius 2 is 2.21 bits per heavy atom. The fourth-order valence-electron chi connectivity index (χ4n) is 3.60. The van der Waals surface area contributed by atoms with Crippen LogP contribution in [0.2, 0.25) is 0 Å². The minimum Gasteiger partial charge on any atom is -0.495 e. The molecule has 0 radical (unpaired) electrons. The van der Waals surface area contributed by atoms with Crippen molar-refractivity contribution in [3.63, 3.8) is 0 Å². The molecule has 0 saturated carbocycles. The topological polar surface area (TPSA) is 63.1 Å². The Morgan fingerprint density at radius 1 is 1.38 bits per heavy atom. The fourth-order valence-corrected chi connectivity index (χ4v) is 3.60. The van der Waals surface area contributed by atoms with Crippen LogP contribution in [0.4, 0.5) is 0 Å². The Labute approximate surface area is 140 Å². The van der Waals surface area contributed by atoms with Gasteiger partial charge in [-0.3, -0.25) is 4.79 Å². The van der Waals surface area contributed by atoms with Crippen LogP contribution in [0.1, 0.15) is 27.4 Å². The summed E-state index contributed by atoms with van der Waals surface area (Å²) in [6.07, 6.45) is 2.51. The molecule has 0 atom stereocenters. The highest BCUT2D eigenvalue weighted by atomic mass is 16.5. The maximum Gasteiger partial charge on any atom is 0.256 e. The molecule has 24 heavy (non-hydrogen) atoms. The summed E-state index contributed by atoms with van der Waals surface area (Å²) in [6.45, 7) is 3.21. The van der Waals surface area contributed by atoms with Gasteiger partial charge < -0.3 is 19.2 Å². The monoisotopic (exact) mass is 324 g/mol. The molecule has 1 aliphatic rings. The van der Waals surface area contributed by atoms with E-state index in [0.29, 0.717) is 13.1 Å². The number of para-hydroxylation sites is 1. The second-order valence-corrected chi connectivity index (χ2v) is 6.19. The van der Waals surface area contributed by atoms with Crippen LogP contribution in [-0.2, 0) is 20.0 Å². The van der Waals surface area contributed by atoms with Gasteiger partial charge in [-0.05, 0) is 13.0 Å². The second kappa shape index (κ2) is 5.40. The Balaban J connectivity index is 1.80. The summed E-state index contributed by atoms with van der Waals surface area (Å²) in [4.78, 5) is 22.4. The van der Waals surface area contributed by atoms with Crippen LogP contribution < -0.4 is 4.74 Å². The molecule has 0 bridgehead atoms. The van der Waals surface area contributed by atoms with Crippen molar-refractivity contribution in [2.45, 2.75) is 19.9 Å². The smallest absolute Gasteiger partial charge is 0.256 e. The Kier molecular flexibility index (Phi) is 3.33. The zero-order valence-electron chi connectivity index (χ0n) is 14.1. The van der Waals surface area contributed by atoms with E-state index in [0.717, 1.165) is 45.7 Å². The van der Waals surface area contributed by atoms with Gasteiger partial charge in [0.2, 0.25) is 0 Å². The molecule has 6 nitrogen and oxygen atoms in total. The predicted octanol–water partition coefficient (Wildman–Crippen LogP) is 2.42. The SMILES string of the molecule is COc1cccc2c3c(n(C)c12)CCN(Cc1nc[nH]c1C)C3=O. The number of nitrogens with zero attached hydrogens (tertiary/aromatic N) is 3. The Bertz CT molecular complexity index is 938. The van der Waals surface area contributed by atoms with Gasteiger partial charge in [-0.15, -0.1) is 0 Å². The molecule has 0 fully saturated rings. The lowest BCUT2D eigenvalue weighted by atomic mass is 10.0. The van der Waals surface area contributed by atoms with Crippen LogP contribution >= 0.6 is 0 Å². The zero-order valence-corrected chi connectivity index (χ0v) is 14.1. The van der Waals surface area contributed by atoms with Gasteiger partial charge in [0.15, 0.2) is 0 Å². The van der Waals surface area contributed by atoms with Crippen molar-refractivity contribution in [1.82, 2.24) is 19.4 Å². The molecule has 6 heteroatoms. The number of nitrogens with one attached hydrogen (secondary N) is 1. The quantitative estimate of drug-likeness (QED) is 0.805. The number of carbonyl (C=O) groups is 1. The van der Waals surface area contributed by atoms with Gasteiger partial charge in [-0.1, -0.05) is 12.1 Å². The van der Waals surface area contributed by atoms with Crippen molar-refractivity contribution in [3.05, 3.63) is 47.2 Å². The number of aromatic nitrogens is 3. The van der Waals surface area contributed by atoms with E-state index in [-0.39, 0.29) is 5.91 Å². The van der Waals surface area contributed by atoms with Gasteiger partial charge in [0.1, 0.15) is 5.75 Å². The summed E-state index contributed by atoms with van der Waals surface area (Å²) in [5.74, 6) is 0.865. The number of carbonyl (C=O) groups excluding carboxylic acids is 1. The predicted molar refractivity (Wildman–Crippen MR) is 91.2 cm³/mol. The van der Waals surface area contributed by atoms with Gasteiger partial charge >= 0.3 is 0 Å². The number of aryl methyl sites for hydroxylation is 2. The maximum atomic E-state index is 13.1. The Hall–Kier alpha value is -2.76. The molecule has 3 heterocycles. The van der Waals surface area contributed by atoms with Crippen molar-refractivity contribution >= 4 is 16.8 Å². The van der Waals surface area contributed by atoms with E-state index < -0.39 is 0 Å². The summed E-state index contributed by atoms with van der Waals surface area (Å²) in [7, 11) is 3.67. The first-order chi connectivity index (χ1) is 11.6. The van der Waals surface area contributed by atoms with Gasteiger partial charge in [0, 0.05) is 36.8 Å². The summed E-state index contributed by atoms with van der Waals surface area (Å²) in [6, 6.07) is 5.87. The van der Waals surface area contributed by atoms with E-state index in [1.807, 2.05) is 37.1 Å². The Morgan fingerprint density at radius 3 is 2.92 bits per heavy atom. The number of benzene rings is 1. The first kappa shape index (κ1) is 14.8. The second-order valence-electron chi connectivity index (χ2n) is 6.19. The van der Waals surface area contributed by atoms with E-state index in [1.165, 1.54) is 0 Å². The number of fused-ring (bicyclic) bond motifs is 3. The molecule has 1 amide bonds. The van der Waals surface area contributed by atoms with Crippen LogP contribution in [0.25, 0.3) is 10.9 Å². The highest BCUT2D eigenvalue weighted by molar-refractivity contribution is 6.10. The van der Waals surface area contributed by atoms with E-state index in [9.17, 15) is 4.79 Å². The van der Waals surface area contributed by atoms with E-state index >= 15 is 0 Å². The van der Waals surface area contributed by atoms with Crippen molar-refractivity contribution in [2.24, 2.45) is 7.05 Å². The summed E-state index contributed by atoms with van der Waals surface area (Å²) < 4.78 is 7.58. The van der Waals surface area contributed by atoms with Gasteiger partial charge in [-0.2, -0.15) is 0 Å². The first-order valence-electron chi connectivity index (χ1n) is 8.04. The van der Waals surface area contributed by atoms with Crippen LogP contribution in [0, 0.1) is 6.92 Å². The minimum absolute atomic E-state index is 0.0671. The molecule has 1 aromatic carbocycles. The number of hydrogen-bond donors (Lipinski definition) is 1. The lowest BCUT2D eigenvalue weighted by Gasteiger charge is -2.27. The van der Waals surface area contributed by atoms with Crippen molar-refractivity contribution in [2.75, 3.05) is 13.7 Å². The lowest BCUT2D eigenvalue weighted by molar-refractivity contribution is 0.0725. The van der Waals surface area contributed by atoms with Crippen LogP contribution in [-0.4, -0.2) is 39.0 Å². The van der Waals surface area contributed by atoms with Gasteiger partial charge in [0.05, 0.1) is 36.8 Å². The standard InChI is InChI=1S/C18H20N4O2/c1-11-13(20-10-19-11)9-22-8-7-14-16(18(22)23)12-5-4-6-15(24-3)17(12)21(14)2/h4-6,10H,7-9H2,1-3H3,(H,19,20). The van der Waals surface area contributed by atoms with E-state index in [4.69, 9.17) is 4.74 Å². The molecule has 124 valence electrons. The normalized spacial score (nSPS) is 14.3. The molecule has 2 aromatic heterocycles. The van der Waals surface area contributed by atoms with Gasteiger partial charge in [-0.25, -0.2) is 4.98 Å². The van der Waals surface area contributed by atoms with Crippen molar-refractivity contribution < 1.29 is 9.53 Å². The molecule has 0 spiro atoms. The zero-order chi connectivity index (χ0) is 16.8. The average molecular weight is 324 g/mol. The van der Waals surface area contributed by atoms with Gasteiger partial charge in [0.25, 0.3) is 5.91 Å². The number of amides is 1. The third-order valence-electron chi connectivity index (χ3n) is 4.91.